The van der Waals surface area contributed by atoms with Crippen molar-refractivity contribution in [3.8, 4) is 0 Å². The highest BCUT2D eigenvalue weighted by Gasteiger charge is 2.52. The molecule has 3 amide bonds. The van der Waals surface area contributed by atoms with E-state index in [4.69, 9.17) is 11.6 Å². The van der Waals surface area contributed by atoms with Gasteiger partial charge in [-0.2, -0.15) is 0 Å². The van der Waals surface area contributed by atoms with E-state index in [2.05, 4.69) is 0 Å². The third-order valence-corrected chi connectivity index (χ3v) is 9.40. The zero-order valence-corrected chi connectivity index (χ0v) is 26.8. The lowest BCUT2D eigenvalue weighted by Gasteiger charge is -2.36. The summed E-state index contributed by atoms with van der Waals surface area (Å²) in [6.07, 6.45) is 4.77. The second-order valence-corrected chi connectivity index (χ2v) is 12.5. The standard InChI is InChI=1S/C38H36ClN3O5/c1-26(9-7-16-36(45)40-23-29-12-6-5-11-28(29)20-33(40)24-43)38(47)34-21-30(39)17-18-35(34)41(37(38)46)22-27-10-8-15-32(19-27)42(25-44)31-13-3-2-4-14-31/h2-15,17-19,21,25-26,33,43,47H,16,20,22-24H2,1H3/b9-7+/t26-,33+,38+/m1/s1. The van der Waals surface area contributed by atoms with E-state index in [1.54, 1.807) is 42.2 Å². The third kappa shape index (κ3) is 6.20. The molecule has 240 valence electrons. The lowest BCUT2D eigenvalue weighted by Crippen LogP contribution is -2.46. The average molecular weight is 650 g/mol. The molecule has 0 aliphatic carbocycles. The molecule has 0 radical (unpaired) electrons. The van der Waals surface area contributed by atoms with Gasteiger partial charge in [0.1, 0.15) is 0 Å². The molecular formula is C38H36ClN3O5. The Hall–Kier alpha value is -4.76. The maximum atomic E-state index is 14.1. The van der Waals surface area contributed by atoms with Crippen molar-refractivity contribution in [2.45, 2.75) is 44.5 Å². The van der Waals surface area contributed by atoms with Crippen LogP contribution in [0.2, 0.25) is 5.02 Å². The van der Waals surface area contributed by atoms with Crippen LogP contribution in [-0.2, 0) is 39.5 Å². The number of hydrogen-bond acceptors (Lipinski definition) is 5. The van der Waals surface area contributed by atoms with Crippen molar-refractivity contribution in [3.63, 3.8) is 0 Å². The van der Waals surface area contributed by atoms with E-state index in [0.717, 1.165) is 23.1 Å². The van der Waals surface area contributed by atoms with E-state index in [1.807, 2.05) is 78.9 Å². The smallest absolute Gasteiger partial charge is 0.264 e. The zero-order valence-electron chi connectivity index (χ0n) is 26.0. The van der Waals surface area contributed by atoms with E-state index >= 15 is 0 Å². The van der Waals surface area contributed by atoms with Gasteiger partial charge < -0.3 is 20.0 Å². The van der Waals surface area contributed by atoms with Crippen LogP contribution in [0.3, 0.4) is 0 Å². The van der Waals surface area contributed by atoms with E-state index in [9.17, 15) is 24.6 Å². The van der Waals surface area contributed by atoms with Crippen LogP contribution in [0, 0.1) is 5.92 Å². The summed E-state index contributed by atoms with van der Waals surface area (Å²) in [5, 5.41) is 22.5. The predicted molar refractivity (Wildman–Crippen MR) is 182 cm³/mol. The first-order valence-electron chi connectivity index (χ1n) is 15.6. The number of nitrogens with zero attached hydrogens (tertiary/aromatic N) is 3. The summed E-state index contributed by atoms with van der Waals surface area (Å²) >= 11 is 6.37. The Kier molecular flexibility index (Phi) is 9.27. The summed E-state index contributed by atoms with van der Waals surface area (Å²) < 4.78 is 0. The largest absolute Gasteiger partial charge is 0.394 e. The lowest BCUT2D eigenvalue weighted by atomic mass is 9.83. The number of amides is 3. The number of fused-ring (bicyclic) bond motifs is 2. The third-order valence-electron chi connectivity index (χ3n) is 9.16. The van der Waals surface area contributed by atoms with Crippen LogP contribution in [0.5, 0.6) is 0 Å². The molecule has 0 spiro atoms. The summed E-state index contributed by atoms with van der Waals surface area (Å²) in [4.78, 5) is 44.2. The summed E-state index contributed by atoms with van der Waals surface area (Å²) in [6, 6.07) is 29.2. The molecule has 6 rings (SSSR count). The van der Waals surface area contributed by atoms with Gasteiger partial charge in [-0.05, 0) is 65.6 Å². The number of carbonyl (C=O) groups is 3. The molecule has 0 bridgehead atoms. The Balaban J connectivity index is 1.21. The second kappa shape index (κ2) is 13.5. The number of benzene rings is 4. The maximum Gasteiger partial charge on any atom is 0.264 e. The fourth-order valence-electron chi connectivity index (χ4n) is 6.59. The summed E-state index contributed by atoms with van der Waals surface area (Å²) in [5.74, 6) is -1.35. The van der Waals surface area contributed by atoms with Crippen LogP contribution in [0.4, 0.5) is 17.1 Å². The number of hydrogen-bond donors (Lipinski definition) is 2. The Morgan fingerprint density at radius 2 is 1.72 bits per heavy atom. The first kappa shape index (κ1) is 32.2. The number of anilines is 3. The minimum absolute atomic E-state index is 0.0564. The van der Waals surface area contributed by atoms with Gasteiger partial charge in [0.2, 0.25) is 12.3 Å². The fourth-order valence-corrected chi connectivity index (χ4v) is 6.77. The Labute approximate surface area is 279 Å². The van der Waals surface area contributed by atoms with Gasteiger partial charge in [-0.1, -0.05) is 85.3 Å². The van der Waals surface area contributed by atoms with Gasteiger partial charge in [0, 0.05) is 40.8 Å². The van der Waals surface area contributed by atoms with Crippen molar-refractivity contribution in [1.82, 2.24) is 4.90 Å². The summed E-state index contributed by atoms with van der Waals surface area (Å²) in [7, 11) is 0. The molecule has 0 unspecified atom stereocenters. The van der Waals surface area contributed by atoms with Crippen molar-refractivity contribution < 1.29 is 24.6 Å². The van der Waals surface area contributed by atoms with Crippen LogP contribution in [0.15, 0.2) is 109 Å². The van der Waals surface area contributed by atoms with Crippen LogP contribution in [-0.4, -0.2) is 46.0 Å². The number of carbonyl (C=O) groups excluding carboxylic acids is 3. The molecule has 3 atom stereocenters. The first-order valence-corrected chi connectivity index (χ1v) is 16.0. The van der Waals surface area contributed by atoms with Crippen molar-refractivity contribution in [2.75, 3.05) is 16.4 Å². The highest BCUT2D eigenvalue weighted by molar-refractivity contribution is 6.31. The zero-order chi connectivity index (χ0) is 33.1. The SMILES string of the molecule is C[C@H](/C=C/CC(=O)N1Cc2ccccc2C[C@H]1CO)[C@@]1(O)C(=O)N(Cc2cccc(N(C=O)c3ccccc3)c2)c2ccc(Cl)cc21. The molecule has 4 aromatic carbocycles. The Morgan fingerprint density at radius 3 is 2.47 bits per heavy atom. The van der Waals surface area contributed by atoms with Gasteiger partial charge in [-0.15, -0.1) is 0 Å². The molecule has 8 nitrogen and oxygen atoms in total. The fraction of sp³-hybridized carbons (Fsp3) is 0.237. The topological polar surface area (TPSA) is 101 Å². The van der Waals surface area contributed by atoms with Crippen molar-refractivity contribution in [1.29, 1.82) is 0 Å². The molecule has 2 aliphatic heterocycles. The van der Waals surface area contributed by atoms with Crippen LogP contribution < -0.4 is 9.80 Å². The van der Waals surface area contributed by atoms with E-state index in [1.165, 1.54) is 9.80 Å². The molecule has 0 aromatic heterocycles. The van der Waals surface area contributed by atoms with Gasteiger partial charge in [-0.3, -0.25) is 19.3 Å². The van der Waals surface area contributed by atoms with Crippen molar-refractivity contribution in [3.05, 3.63) is 136 Å². The number of aliphatic hydroxyl groups is 2. The Bertz CT molecular complexity index is 1830. The molecule has 4 aromatic rings. The van der Waals surface area contributed by atoms with Crippen molar-refractivity contribution in [2.24, 2.45) is 5.92 Å². The number of aliphatic hydroxyl groups excluding tert-OH is 1. The molecule has 2 heterocycles. The van der Waals surface area contributed by atoms with Crippen molar-refractivity contribution >= 4 is 46.9 Å². The minimum atomic E-state index is -1.92. The quantitative estimate of drug-likeness (QED) is 0.165. The molecule has 0 saturated heterocycles. The van der Waals surface area contributed by atoms with Gasteiger partial charge in [0.25, 0.3) is 5.91 Å². The monoisotopic (exact) mass is 649 g/mol. The number of rotatable bonds is 10. The normalized spacial score (nSPS) is 19.4. The average Bonchev–Trinajstić information content (AvgIpc) is 3.30. The second-order valence-electron chi connectivity index (χ2n) is 12.1. The first-order chi connectivity index (χ1) is 22.7. The molecular weight excluding hydrogens is 614 g/mol. The Morgan fingerprint density at radius 1 is 1.00 bits per heavy atom. The van der Waals surface area contributed by atoms with Gasteiger partial charge in [-0.25, -0.2) is 0 Å². The van der Waals surface area contributed by atoms with Gasteiger partial charge in [0.05, 0.1) is 24.9 Å². The highest BCUT2D eigenvalue weighted by Crippen LogP contribution is 2.47. The molecule has 2 N–H and O–H groups in total. The van der Waals surface area contributed by atoms with E-state index < -0.39 is 17.4 Å². The van der Waals surface area contributed by atoms with Crippen LogP contribution in [0.25, 0.3) is 0 Å². The highest BCUT2D eigenvalue weighted by atomic mass is 35.5. The maximum absolute atomic E-state index is 14.1. The molecule has 9 heteroatoms. The molecule has 0 saturated carbocycles. The van der Waals surface area contributed by atoms with Crippen LogP contribution in [0.1, 0.15) is 35.6 Å². The number of para-hydroxylation sites is 1. The number of halogens is 1. The molecule has 47 heavy (non-hydrogen) atoms. The van der Waals surface area contributed by atoms with Crippen LogP contribution >= 0.6 is 11.6 Å². The molecule has 0 fully saturated rings. The molecule has 2 aliphatic rings. The predicted octanol–water partition coefficient (Wildman–Crippen LogP) is 5.90. The summed E-state index contributed by atoms with van der Waals surface area (Å²) in [5.41, 5.74) is 3.32. The van der Waals surface area contributed by atoms with E-state index in [0.29, 0.717) is 40.6 Å². The van der Waals surface area contributed by atoms with Gasteiger partial charge >= 0.3 is 0 Å². The lowest BCUT2D eigenvalue weighted by molar-refractivity contribution is -0.139. The van der Waals surface area contributed by atoms with Gasteiger partial charge in [0.15, 0.2) is 5.60 Å². The van der Waals surface area contributed by atoms with E-state index in [-0.39, 0.29) is 31.5 Å². The summed E-state index contributed by atoms with van der Waals surface area (Å²) in [6.45, 7) is 2.18. The minimum Gasteiger partial charge on any atom is -0.394 e.